The Bertz CT molecular complexity index is 482. The highest BCUT2D eigenvalue weighted by Crippen LogP contribution is 2.20. The van der Waals surface area contributed by atoms with Crippen LogP contribution in [0.25, 0.3) is 0 Å². The lowest BCUT2D eigenvalue weighted by molar-refractivity contribution is -0.138. The van der Waals surface area contributed by atoms with Gasteiger partial charge in [0.25, 0.3) is 0 Å². The summed E-state index contributed by atoms with van der Waals surface area (Å²) in [6.07, 6.45) is 0. The van der Waals surface area contributed by atoms with Gasteiger partial charge in [-0.25, -0.2) is 4.79 Å². The lowest BCUT2D eigenvalue weighted by atomic mass is 9.95. The van der Waals surface area contributed by atoms with E-state index in [0.29, 0.717) is 23.6 Å². The number of hydrogen-bond donors (Lipinski definition) is 0. The molecule has 0 aliphatic heterocycles. The van der Waals surface area contributed by atoms with Crippen LogP contribution in [0.4, 0.5) is 0 Å². The Morgan fingerprint density at radius 3 is 2.42 bits per heavy atom. The summed E-state index contributed by atoms with van der Waals surface area (Å²) in [5.74, 6) is 0.648. The molecule has 5 nitrogen and oxygen atoms in total. The van der Waals surface area contributed by atoms with Gasteiger partial charge in [0.1, 0.15) is 17.1 Å². The van der Waals surface area contributed by atoms with Crippen molar-refractivity contribution in [1.29, 1.82) is 0 Å². The molecule has 0 aliphatic rings. The van der Waals surface area contributed by atoms with Crippen LogP contribution in [-0.2, 0) is 16.1 Å². The van der Waals surface area contributed by atoms with Crippen LogP contribution >= 0.6 is 0 Å². The molecule has 1 aromatic heterocycles. The zero-order chi connectivity index (χ0) is 14.8. The van der Waals surface area contributed by atoms with Crippen molar-refractivity contribution in [3.63, 3.8) is 0 Å². The topological polar surface area (TPSA) is 59.8 Å². The van der Waals surface area contributed by atoms with Gasteiger partial charge >= 0.3 is 5.97 Å². The first-order chi connectivity index (χ1) is 8.66. The number of carbonyl (C=O) groups is 2. The summed E-state index contributed by atoms with van der Waals surface area (Å²) >= 11 is 0. The second-order valence-corrected chi connectivity index (χ2v) is 5.59. The van der Waals surface area contributed by atoms with Crippen LogP contribution in [0, 0.1) is 12.3 Å². The number of ether oxygens (including phenoxy) is 1. The van der Waals surface area contributed by atoms with Gasteiger partial charge in [-0.15, -0.1) is 0 Å². The molecule has 0 saturated heterocycles. The molecule has 0 aromatic carbocycles. The van der Waals surface area contributed by atoms with Crippen LogP contribution < -0.4 is 0 Å². The Morgan fingerprint density at radius 1 is 1.37 bits per heavy atom. The third-order valence-electron chi connectivity index (χ3n) is 2.76. The fraction of sp³-hybridized carbons (Fsp3) is 0.571. The highest BCUT2D eigenvalue weighted by molar-refractivity contribution is 5.90. The van der Waals surface area contributed by atoms with Crippen LogP contribution in [0.1, 0.15) is 42.6 Å². The number of aryl methyl sites for hydroxylation is 1. The normalized spacial score (nSPS) is 11.3. The first-order valence-corrected chi connectivity index (χ1v) is 6.10. The quantitative estimate of drug-likeness (QED) is 0.789. The predicted octanol–water partition coefficient (Wildman–Crippen LogP) is 2.38. The van der Waals surface area contributed by atoms with Crippen molar-refractivity contribution in [2.75, 3.05) is 14.2 Å². The molecule has 0 N–H and O–H groups in total. The summed E-state index contributed by atoms with van der Waals surface area (Å²) in [6.45, 7) is 7.60. The summed E-state index contributed by atoms with van der Waals surface area (Å²) in [6, 6.07) is 1.62. The summed E-state index contributed by atoms with van der Waals surface area (Å²) < 4.78 is 10.1. The van der Waals surface area contributed by atoms with Crippen molar-refractivity contribution in [2.24, 2.45) is 5.41 Å². The molecule has 106 valence electrons. The van der Waals surface area contributed by atoms with Gasteiger partial charge in [0, 0.05) is 12.5 Å². The largest absolute Gasteiger partial charge is 0.465 e. The number of rotatable bonds is 3. The second-order valence-electron chi connectivity index (χ2n) is 5.59. The van der Waals surface area contributed by atoms with Crippen molar-refractivity contribution in [2.45, 2.75) is 34.2 Å². The highest BCUT2D eigenvalue weighted by atomic mass is 16.5. The minimum atomic E-state index is -0.443. The van der Waals surface area contributed by atoms with Crippen molar-refractivity contribution in [1.82, 2.24) is 4.90 Å². The van der Waals surface area contributed by atoms with Crippen LogP contribution in [0.15, 0.2) is 10.5 Å². The van der Waals surface area contributed by atoms with Crippen molar-refractivity contribution in [3.05, 3.63) is 23.2 Å². The standard InChI is InChI=1S/C14H21NO4/c1-9-11(12(16)18-6)7-10(19-9)8-15(5)13(17)14(2,3)4/h7H,8H2,1-6H3. The molecule has 0 radical (unpaired) electrons. The molecule has 1 aromatic rings. The molecule has 0 spiro atoms. The van der Waals surface area contributed by atoms with Crippen molar-refractivity contribution in [3.8, 4) is 0 Å². The summed E-state index contributed by atoms with van der Waals surface area (Å²) in [5.41, 5.74) is -0.0456. The van der Waals surface area contributed by atoms with Gasteiger partial charge in [-0.1, -0.05) is 20.8 Å². The van der Waals surface area contributed by atoms with E-state index in [4.69, 9.17) is 4.42 Å². The van der Waals surface area contributed by atoms with Gasteiger partial charge < -0.3 is 14.1 Å². The molecule has 1 heterocycles. The Hall–Kier alpha value is -1.78. The Morgan fingerprint density at radius 2 is 1.95 bits per heavy atom. The average molecular weight is 267 g/mol. The number of carbonyl (C=O) groups excluding carboxylic acids is 2. The predicted molar refractivity (Wildman–Crippen MR) is 70.7 cm³/mol. The lowest BCUT2D eigenvalue weighted by Gasteiger charge is -2.25. The zero-order valence-electron chi connectivity index (χ0n) is 12.4. The first-order valence-electron chi connectivity index (χ1n) is 6.10. The smallest absolute Gasteiger partial charge is 0.341 e. The third kappa shape index (κ3) is 3.59. The Kier molecular flexibility index (Phi) is 4.39. The monoisotopic (exact) mass is 267 g/mol. The average Bonchev–Trinajstić information content (AvgIpc) is 2.66. The minimum Gasteiger partial charge on any atom is -0.465 e. The van der Waals surface area contributed by atoms with Crippen molar-refractivity contribution < 1.29 is 18.7 Å². The molecule has 1 rings (SSSR count). The fourth-order valence-electron chi connectivity index (χ4n) is 1.81. The number of hydrogen-bond acceptors (Lipinski definition) is 4. The number of esters is 1. The maximum Gasteiger partial charge on any atom is 0.341 e. The molecule has 0 fully saturated rings. The number of furan rings is 1. The number of amides is 1. The van der Waals surface area contributed by atoms with Gasteiger partial charge in [-0.3, -0.25) is 4.79 Å². The summed E-state index contributed by atoms with van der Waals surface area (Å²) in [7, 11) is 3.03. The fourth-order valence-corrected chi connectivity index (χ4v) is 1.81. The lowest BCUT2D eigenvalue weighted by Crippen LogP contribution is -2.36. The minimum absolute atomic E-state index is 0.0150. The molecule has 0 saturated carbocycles. The van der Waals surface area contributed by atoms with E-state index in [1.807, 2.05) is 20.8 Å². The molecular formula is C14H21NO4. The Labute approximate surface area is 113 Å². The maximum absolute atomic E-state index is 12.0. The van der Waals surface area contributed by atoms with Gasteiger partial charge in [-0.05, 0) is 13.0 Å². The van der Waals surface area contributed by atoms with E-state index >= 15 is 0 Å². The van der Waals surface area contributed by atoms with Gasteiger partial charge in [-0.2, -0.15) is 0 Å². The van der Waals surface area contributed by atoms with E-state index in [0.717, 1.165) is 0 Å². The molecule has 5 heteroatoms. The molecule has 1 amide bonds. The molecule has 0 aliphatic carbocycles. The SMILES string of the molecule is COC(=O)c1cc(CN(C)C(=O)C(C)(C)C)oc1C. The van der Waals surface area contributed by atoms with Gasteiger partial charge in [0.05, 0.1) is 13.7 Å². The first kappa shape index (κ1) is 15.3. The van der Waals surface area contributed by atoms with E-state index < -0.39 is 11.4 Å². The van der Waals surface area contributed by atoms with Crippen LogP contribution in [0.3, 0.4) is 0 Å². The van der Waals surface area contributed by atoms with Crippen LogP contribution in [-0.4, -0.2) is 30.9 Å². The van der Waals surface area contributed by atoms with E-state index in [-0.39, 0.29) is 5.91 Å². The summed E-state index contributed by atoms with van der Waals surface area (Å²) in [5, 5.41) is 0. The number of methoxy groups -OCH3 is 1. The molecule has 0 unspecified atom stereocenters. The van der Waals surface area contributed by atoms with E-state index in [1.165, 1.54) is 7.11 Å². The summed E-state index contributed by atoms with van der Waals surface area (Å²) in [4.78, 5) is 25.1. The highest BCUT2D eigenvalue weighted by Gasteiger charge is 2.26. The Balaban J connectivity index is 2.84. The van der Waals surface area contributed by atoms with Gasteiger partial charge in [0.2, 0.25) is 5.91 Å². The van der Waals surface area contributed by atoms with E-state index in [1.54, 1.807) is 24.9 Å². The van der Waals surface area contributed by atoms with E-state index in [2.05, 4.69) is 4.74 Å². The molecule has 0 atom stereocenters. The molecule has 19 heavy (non-hydrogen) atoms. The molecule has 0 bridgehead atoms. The maximum atomic E-state index is 12.0. The van der Waals surface area contributed by atoms with Crippen LogP contribution in [0.5, 0.6) is 0 Å². The van der Waals surface area contributed by atoms with E-state index in [9.17, 15) is 9.59 Å². The zero-order valence-corrected chi connectivity index (χ0v) is 12.4. The van der Waals surface area contributed by atoms with Gasteiger partial charge in [0.15, 0.2) is 0 Å². The van der Waals surface area contributed by atoms with Crippen LogP contribution in [0.2, 0.25) is 0 Å². The third-order valence-corrected chi connectivity index (χ3v) is 2.76. The second kappa shape index (κ2) is 5.47. The van der Waals surface area contributed by atoms with Crippen molar-refractivity contribution >= 4 is 11.9 Å². The molecular weight excluding hydrogens is 246 g/mol. The number of nitrogens with zero attached hydrogens (tertiary/aromatic N) is 1.